The lowest BCUT2D eigenvalue weighted by molar-refractivity contribution is 0.0472. The van der Waals surface area contributed by atoms with Crippen LogP contribution in [0.1, 0.15) is 15.9 Å². The molecule has 0 saturated carbocycles. The van der Waals surface area contributed by atoms with Gasteiger partial charge in [0, 0.05) is 12.4 Å². The topological polar surface area (TPSA) is 39.2 Å². The Morgan fingerprint density at radius 3 is 2.44 bits per heavy atom. The van der Waals surface area contributed by atoms with Crippen molar-refractivity contribution in [1.29, 1.82) is 0 Å². The quantitative estimate of drug-likeness (QED) is 0.735. The van der Waals surface area contributed by atoms with Gasteiger partial charge >= 0.3 is 5.97 Å². The van der Waals surface area contributed by atoms with Crippen LogP contribution in [-0.4, -0.2) is 11.0 Å². The van der Waals surface area contributed by atoms with Crippen LogP contribution in [0.5, 0.6) is 0 Å². The molecule has 1 aromatic carbocycles. The number of rotatable bonds is 3. The van der Waals surface area contributed by atoms with E-state index < -0.39 is 0 Å². The molecule has 0 radical (unpaired) electrons. The van der Waals surface area contributed by atoms with E-state index in [2.05, 4.69) is 4.98 Å². The van der Waals surface area contributed by atoms with E-state index >= 15 is 0 Å². The fourth-order valence-electron chi connectivity index (χ4n) is 1.29. The number of aromatic nitrogens is 1. The van der Waals surface area contributed by atoms with Gasteiger partial charge in [-0.1, -0.05) is 18.2 Å². The van der Waals surface area contributed by atoms with Gasteiger partial charge in [-0.3, -0.25) is 4.98 Å². The van der Waals surface area contributed by atoms with Crippen molar-refractivity contribution in [2.24, 2.45) is 0 Å². The first-order valence-corrected chi connectivity index (χ1v) is 4.97. The van der Waals surface area contributed by atoms with Crippen LogP contribution in [-0.2, 0) is 11.3 Å². The number of carbonyl (C=O) groups excluding carboxylic acids is 1. The highest BCUT2D eigenvalue weighted by Crippen LogP contribution is 2.04. The van der Waals surface area contributed by atoms with Crippen molar-refractivity contribution >= 4 is 5.97 Å². The molecule has 3 nitrogen and oxygen atoms in total. The fourth-order valence-corrected chi connectivity index (χ4v) is 1.29. The van der Waals surface area contributed by atoms with Crippen molar-refractivity contribution in [1.82, 2.24) is 4.98 Å². The number of hydrogen-bond donors (Lipinski definition) is 0. The maximum Gasteiger partial charge on any atom is 0.338 e. The van der Waals surface area contributed by atoms with Crippen LogP contribution in [0.3, 0.4) is 0 Å². The van der Waals surface area contributed by atoms with Crippen LogP contribution in [0.2, 0.25) is 0 Å². The highest BCUT2D eigenvalue weighted by Gasteiger charge is 2.05. The molecule has 1 aromatic heterocycles. The van der Waals surface area contributed by atoms with Gasteiger partial charge in [0.2, 0.25) is 0 Å². The summed E-state index contributed by atoms with van der Waals surface area (Å²) in [5.74, 6) is -0.308. The summed E-state index contributed by atoms with van der Waals surface area (Å²) >= 11 is 0. The largest absolute Gasteiger partial charge is 0.457 e. The normalized spacial score (nSPS) is 9.75. The molecule has 2 aromatic rings. The second kappa shape index (κ2) is 5.07. The summed E-state index contributed by atoms with van der Waals surface area (Å²) in [7, 11) is 0. The maximum atomic E-state index is 11.6. The number of ether oxygens (including phenoxy) is 1. The second-order valence-corrected chi connectivity index (χ2v) is 3.30. The Morgan fingerprint density at radius 1 is 1.06 bits per heavy atom. The lowest BCUT2D eigenvalue weighted by Gasteiger charge is -2.04. The maximum absolute atomic E-state index is 11.6. The van der Waals surface area contributed by atoms with Crippen LogP contribution in [0, 0.1) is 0 Å². The molecule has 0 spiro atoms. The van der Waals surface area contributed by atoms with E-state index in [-0.39, 0.29) is 12.6 Å². The van der Waals surface area contributed by atoms with E-state index in [9.17, 15) is 4.79 Å². The van der Waals surface area contributed by atoms with E-state index in [1.807, 2.05) is 30.3 Å². The van der Waals surface area contributed by atoms with E-state index in [4.69, 9.17) is 4.74 Å². The van der Waals surface area contributed by atoms with Crippen LogP contribution < -0.4 is 0 Å². The first-order chi connectivity index (χ1) is 7.86. The van der Waals surface area contributed by atoms with Crippen molar-refractivity contribution < 1.29 is 9.53 Å². The molecule has 0 aliphatic heterocycles. The highest BCUT2D eigenvalue weighted by molar-refractivity contribution is 5.89. The Morgan fingerprint density at radius 2 is 1.75 bits per heavy atom. The Labute approximate surface area is 93.7 Å². The summed E-state index contributed by atoms with van der Waals surface area (Å²) in [5.41, 5.74) is 1.50. The van der Waals surface area contributed by atoms with Crippen molar-refractivity contribution in [2.45, 2.75) is 6.61 Å². The zero-order valence-corrected chi connectivity index (χ0v) is 8.67. The number of pyridine rings is 1. The van der Waals surface area contributed by atoms with Crippen LogP contribution in [0.15, 0.2) is 54.9 Å². The lowest BCUT2D eigenvalue weighted by Crippen LogP contribution is -2.04. The van der Waals surface area contributed by atoms with Gasteiger partial charge in [-0.2, -0.15) is 0 Å². The smallest absolute Gasteiger partial charge is 0.338 e. The van der Waals surface area contributed by atoms with Crippen LogP contribution in [0.4, 0.5) is 0 Å². The summed E-state index contributed by atoms with van der Waals surface area (Å²) in [5, 5.41) is 0. The summed E-state index contributed by atoms with van der Waals surface area (Å²) in [6, 6.07) is 12.6. The van der Waals surface area contributed by atoms with Crippen LogP contribution in [0.25, 0.3) is 0 Å². The van der Waals surface area contributed by atoms with Gasteiger partial charge in [0.05, 0.1) is 5.56 Å². The molecular weight excluding hydrogens is 202 g/mol. The minimum Gasteiger partial charge on any atom is -0.457 e. The molecular formula is C13H11NO2. The molecule has 0 unspecified atom stereocenters. The molecule has 80 valence electrons. The lowest BCUT2D eigenvalue weighted by atomic mass is 10.2. The molecule has 1 heterocycles. The van der Waals surface area contributed by atoms with Gasteiger partial charge in [-0.15, -0.1) is 0 Å². The monoisotopic (exact) mass is 213 g/mol. The molecule has 0 saturated heterocycles. The molecule has 2 rings (SSSR count). The van der Waals surface area contributed by atoms with E-state index in [1.165, 1.54) is 0 Å². The third-order valence-electron chi connectivity index (χ3n) is 2.13. The van der Waals surface area contributed by atoms with Crippen molar-refractivity contribution in [3.8, 4) is 0 Å². The predicted molar refractivity (Wildman–Crippen MR) is 59.8 cm³/mol. The first-order valence-electron chi connectivity index (χ1n) is 4.97. The molecule has 0 aliphatic carbocycles. The summed E-state index contributed by atoms with van der Waals surface area (Å²) in [6.45, 7) is 0.274. The molecule has 0 fully saturated rings. The summed E-state index contributed by atoms with van der Waals surface area (Å²) in [6.07, 6.45) is 3.34. The standard InChI is InChI=1S/C13H11NO2/c15-13(12-4-2-1-3-5-12)16-10-11-6-8-14-9-7-11/h1-9H,10H2. The zero-order valence-electron chi connectivity index (χ0n) is 8.67. The third kappa shape index (κ3) is 2.67. The van der Waals surface area contributed by atoms with Gasteiger partial charge in [0.15, 0.2) is 0 Å². The molecule has 0 atom stereocenters. The van der Waals surface area contributed by atoms with Crippen molar-refractivity contribution in [3.05, 3.63) is 66.0 Å². The predicted octanol–water partition coefficient (Wildman–Crippen LogP) is 2.44. The van der Waals surface area contributed by atoms with E-state index in [0.29, 0.717) is 5.56 Å². The Kier molecular flexibility index (Phi) is 3.28. The van der Waals surface area contributed by atoms with Crippen molar-refractivity contribution in [3.63, 3.8) is 0 Å². The van der Waals surface area contributed by atoms with Gasteiger partial charge in [-0.05, 0) is 29.8 Å². The average molecular weight is 213 g/mol. The van der Waals surface area contributed by atoms with Gasteiger partial charge in [0.1, 0.15) is 6.61 Å². The van der Waals surface area contributed by atoms with Crippen LogP contribution >= 0.6 is 0 Å². The van der Waals surface area contributed by atoms with Gasteiger partial charge in [-0.25, -0.2) is 4.79 Å². The number of carbonyl (C=O) groups is 1. The number of benzene rings is 1. The molecule has 0 bridgehead atoms. The molecule has 0 amide bonds. The summed E-state index contributed by atoms with van der Waals surface area (Å²) < 4.78 is 5.15. The molecule has 3 heteroatoms. The van der Waals surface area contributed by atoms with E-state index in [1.54, 1.807) is 24.5 Å². The Balaban J connectivity index is 1.95. The minimum absolute atomic E-state index is 0.274. The number of hydrogen-bond acceptors (Lipinski definition) is 3. The molecule has 0 aliphatic rings. The van der Waals surface area contributed by atoms with E-state index in [0.717, 1.165) is 5.56 Å². The van der Waals surface area contributed by atoms with Gasteiger partial charge < -0.3 is 4.74 Å². The SMILES string of the molecule is O=C(OCc1ccncc1)c1ccccc1. The zero-order chi connectivity index (χ0) is 11.2. The number of esters is 1. The fraction of sp³-hybridized carbons (Fsp3) is 0.0769. The average Bonchev–Trinajstić information content (AvgIpc) is 2.38. The molecule has 0 N–H and O–H groups in total. The van der Waals surface area contributed by atoms with Gasteiger partial charge in [0.25, 0.3) is 0 Å². The van der Waals surface area contributed by atoms with Crippen molar-refractivity contribution in [2.75, 3.05) is 0 Å². The highest BCUT2D eigenvalue weighted by atomic mass is 16.5. The third-order valence-corrected chi connectivity index (χ3v) is 2.13. The molecule has 16 heavy (non-hydrogen) atoms. The minimum atomic E-state index is -0.308. The Bertz CT molecular complexity index is 454. The second-order valence-electron chi connectivity index (χ2n) is 3.30. The number of nitrogens with zero attached hydrogens (tertiary/aromatic N) is 1. The Hall–Kier alpha value is -2.16. The summed E-state index contributed by atoms with van der Waals surface area (Å²) in [4.78, 5) is 15.5. The first kappa shape index (κ1) is 10.4.